The lowest BCUT2D eigenvalue weighted by atomic mass is 9.99. The Balaban J connectivity index is 1.83. The maximum absolute atomic E-state index is 12.6. The molecule has 0 saturated carbocycles. The van der Waals surface area contributed by atoms with Gasteiger partial charge in [0, 0.05) is 22.4 Å². The van der Waals surface area contributed by atoms with Crippen molar-refractivity contribution >= 4 is 27.5 Å². The summed E-state index contributed by atoms with van der Waals surface area (Å²) in [6.07, 6.45) is -7.43. The summed E-state index contributed by atoms with van der Waals surface area (Å²) in [6, 6.07) is 7.58. The van der Waals surface area contributed by atoms with Crippen molar-refractivity contribution in [3.8, 4) is 11.5 Å². The van der Waals surface area contributed by atoms with E-state index < -0.39 is 42.9 Å². The minimum Gasteiger partial charge on any atom is -0.497 e. The molecule has 0 radical (unpaired) electrons. The van der Waals surface area contributed by atoms with Crippen LogP contribution in [0, 0.1) is 0 Å². The van der Waals surface area contributed by atoms with E-state index in [0.717, 1.165) is 0 Å². The van der Waals surface area contributed by atoms with Crippen LogP contribution in [-0.4, -0.2) is 70.6 Å². The molecule has 1 saturated heterocycles. The molecule has 2 aromatic carbocycles. The number of ketones is 1. The number of aliphatic hydroxyl groups excluding tert-OH is 4. The second kappa shape index (κ2) is 8.49. The number of methoxy groups -OCH3 is 1. The number of hydrogen-bond donors (Lipinski definition) is 4. The highest BCUT2D eigenvalue weighted by molar-refractivity contribution is 6.16. The molecule has 0 spiro atoms. The number of carbonyl (C=O) groups excluding carboxylic acids is 1. The first kappa shape index (κ1) is 22.2. The van der Waals surface area contributed by atoms with Crippen LogP contribution in [0.4, 0.5) is 0 Å². The monoisotopic (exact) mass is 446 g/mol. The van der Waals surface area contributed by atoms with E-state index in [1.165, 1.54) is 32.2 Å². The zero-order valence-electron chi connectivity index (χ0n) is 17.2. The Labute approximate surface area is 181 Å². The van der Waals surface area contributed by atoms with Gasteiger partial charge in [0.1, 0.15) is 41.5 Å². The van der Waals surface area contributed by atoms with E-state index in [1.54, 1.807) is 12.1 Å². The second-order valence-electron chi connectivity index (χ2n) is 7.52. The van der Waals surface area contributed by atoms with Crippen molar-refractivity contribution in [2.45, 2.75) is 37.6 Å². The van der Waals surface area contributed by atoms with Crippen LogP contribution in [0.15, 0.2) is 39.5 Å². The SMILES string of the molecule is COc1ccc2c(c1)c(=O)oc1cc(O[C@@H]3O[C@H](CO)[C@@H](O)[C@H](O)[C@H]3O)cc(C(C)=O)c12. The summed E-state index contributed by atoms with van der Waals surface area (Å²) < 4.78 is 21.5. The number of hydrogen-bond acceptors (Lipinski definition) is 10. The zero-order chi connectivity index (χ0) is 23.2. The van der Waals surface area contributed by atoms with Crippen LogP contribution in [0.25, 0.3) is 21.7 Å². The molecule has 10 nitrogen and oxygen atoms in total. The van der Waals surface area contributed by atoms with Gasteiger partial charge in [0.05, 0.1) is 19.1 Å². The lowest BCUT2D eigenvalue weighted by Gasteiger charge is -2.39. The zero-order valence-corrected chi connectivity index (χ0v) is 17.2. The molecule has 5 atom stereocenters. The Kier molecular flexibility index (Phi) is 5.89. The summed E-state index contributed by atoms with van der Waals surface area (Å²) in [6.45, 7) is 0.721. The third-order valence-corrected chi connectivity index (χ3v) is 5.47. The van der Waals surface area contributed by atoms with E-state index in [9.17, 15) is 30.0 Å². The number of aliphatic hydroxyl groups is 4. The van der Waals surface area contributed by atoms with Gasteiger partial charge >= 0.3 is 5.63 Å². The molecule has 170 valence electrons. The molecule has 0 amide bonds. The van der Waals surface area contributed by atoms with Crippen molar-refractivity contribution in [2.75, 3.05) is 13.7 Å². The topological polar surface area (TPSA) is 156 Å². The van der Waals surface area contributed by atoms with Crippen LogP contribution in [-0.2, 0) is 4.74 Å². The number of Topliss-reactive ketones (excluding diaryl/α,β-unsaturated/α-hetero) is 1. The molecule has 1 fully saturated rings. The summed E-state index contributed by atoms with van der Waals surface area (Å²) in [7, 11) is 1.47. The molecule has 1 aliphatic heterocycles. The van der Waals surface area contributed by atoms with E-state index in [4.69, 9.17) is 18.6 Å². The minimum absolute atomic E-state index is 0.0167. The van der Waals surface area contributed by atoms with Crippen LogP contribution in [0.1, 0.15) is 17.3 Å². The molecular formula is C22H22O10. The van der Waals surface area contributed by atoms with E-state index in [1.807, 2.05) is 0 Å². The van der Waals surface area contributed by atoms with Gasteiger partial charge < -0.3 is 39.1 Å². The third kappa shape index (κ3) is 3.72. The maximum Gasteiger partial charge on any atom is 0.344 e. The van der Waals surface area contributed by atoms with Gasteiger partial charge in [-0.1, -0.05) is 0 Å². The van der Waals surface area contributed by atoms with Crippen molar-refractivity contribution in [1.29, 1.82) is 0 Å². The number of fused-ring (bicyclic) bond motifs is 3. The summed E-state index contributed by atoms with van der Waals surface area (Å²) in [4.78, 5) is 25.0. The molecule has 32 heavy (non-hydrogen) atoms. The van der Waals surface area contributed by atoms with E-state index in [2.05, 4.69) is 0 Å². The normalized spacial score (nSPS) is 25.8. The molecule has 0 unspecified atom stereocenters. The average molecular weight is 446 g/mol. The third-order valence-electron chi connectivity index (χ3n) is 5.47. The van der Waals surface area contributed by atoms with Gasteiger partial charge in [-0.25, -0.2) is 4.79 Å². The van der Waals surface area contributed by atoms with Gasteiger partial charge in [0.25, 0.3) is 0 Å². The molecule has 4 N–H and O–H groups in total. The summed E-state index contributed by atoms with van der Waals surface area (Å²) in [5, 5.41) is 40.6. The summed E-state index contributed by atoms with van der Waals surface area (Å²) in [5.41, 5.74) is -0.383. The largest absolute Gasteiger partial charge is 0.497 e. The highest BCUT2D eigenvalue weighted by Gasteiger charge is 2.44. The predicted molar refractivity (Wildman–Crippen MR) is 111 cm³/mol. The quantitative estimate of drug-likeness (QED) is 0.245. The fourth-order valence-electron chi connectivity index (χ4n) is 3.79. The van der Waals surface area contributed by atoms with Crippen LogP contribution >= 0.6 is 0 Å². The van der Waals surface area contributed by atoms with Gasteiger partial charge in [-0.15, -0.1) is 0 Å². The van der Waals surface area contributed by atoms with Crippen molar-refractivity contribution in [3.05, 3.63) is 46.3 Å². The van der Waals surface area contributed by atoms with Crippen LogP contribution < -0.4 is 15.1 Å². The van der Waals surface area contributed by atoms with Crippen LogP contribution in [0.5, 0.6) is 11.5 Å². The van der Waals surface area contributed by atoms with Crippen molar-refractivity contribution in [3.63, 3.8) is 0 Å². The summed E-state index contributed by atoms with van der Waals surface area (Å²) >= 11 is 0. The Hall–Kier alpha value is -3.02. The highest BCUT2D eigenvalue weighted by Crippen LogP contribution is 2.33. The van der Waals surface area contributed by atoms with Gasteiger partial charge in [-0.3, -0.25) is 4.79 Å². The molecule has 0 aliphatic carbocycles. The van der Waals surface area contributed by atoms with Crippen molar-refractivity contribution in [1.82, 2.24) is 0 Å². The standard InChI is InChI=1S/C22H22O10/c1-9(24)13-6-11(30-22-20(27)19(26)18(25)16(8-23)32-22)7-15-17(13)12-4-3-10(29-2)5-14(12)21(28)31-15/h3-7,16,18-20,22-23,25-27H,8H2,1-2H3/t16-,18-,19+,20-,22-/m1/s1. The Morgan fingerprint density at radius 1 is 1.03 bits per heavy atom. The molecule has 3 aromatic rings. The van der Waals surface area contributed by atoms with Gasteiger partial charge in [-0.05, 0) is 31.2 Å². The second-order valence-corrected chi connectivity index (χ2v) is 7.52. The van der Waals surface area contributed by atoms with Crippen LogP contribution in [0.3, 0.4) is 0 Å². The molecular weight excluding hydrogens is 424 g/mol. The highest BCUT2D eigenvalue weighted by atomic mass is 16.7. The van der Waals surface area contributed by atoms with Crippen molar-refractivity contribution in [2.24, 2.45) is 0 Å². The van der Waals surface area contributed by atoms with Crippen molar-refractivity contribution < 1.29 is 43.8 Å². The van der Waals surface area contributed by atoms with Gasteiger partial charge in [0.2, 0.25) is 6.29 Å². The first-order chi connectivity index (χ1) is 15.2. The first-order valence-electron chi connectivity index (χ1n) is 9.82. The Morgan fingerprint density at radius 2 is 1.78 bits per heavy atom. The van der Waals surface area contributed by atoms with Gasteiger partial charge in [-0.2, -0.15) is 0 Å². The number of ether oxygens (including phenoxy) is 3. The molecule has 0 bridgehead atoms. The molecule has 2 heterocycles. The molecule has 1 aliphatic rings. The molecule has 10 heteroatoms. The summed E-state index contributed by atoms with van der Waals surface area (Å²) in [5.74, 6) is 0.138. The van der Waals surface area contributed by atoms with E-state index >= 15 is 0 Å². The number of benzene rings is 2. The first-order valence-corrected chi connectivity index (χ1v) is 9.82. The smallest absolute Gasteiger partial charge is 0.344 e. The average Bonchev–Trinajstić information content (AvgIpc) is 2.78. The molecule has 1 aromatic heterocycles. The number of rotatable bonds is 5. The van der Waals surface area contributed by atoms with Crippen LogP contribution in [0.2, 0.25) is 0 Å². The lowest BCUT2D eigenvalue weighted by molar-refractivity contribution is -0.277. The van der Waals surface area contributed by atoms with Gasteiger partial charge in [0.15, 0.2) is 5.78 Å². The Morgan fingerprint density at radius 3 is 2.44 bits per heavy atom. The minimum atomic E-state index is -1.64. The van der Waals surface area contributed by atoms with E-state index in [0.29, 0.717) is 16.5 Å². The lowest BCUT2D eigenvalue weighted by Crippen LogP contribution is -2.60. The number of carbonyl (C=O) groups is 1. The Bertz CT molecular complexity index is 1230. The van der Waals surface area contributed by atoms with E-state index in [-0.39, 0.29) is 28.1 Å². The predicted octanol–water partition coefficient (Wildman–Crippen LogP) is 0.336. The molecule has 4 rings (SSSR count). The fourth-order valence-corrected chi connectivity index (χ4v) is 3.79. The maximum atomic E-state index is 12.6. The fraction of sp³-hybridized carbons (Fsp3) is 0.364.